The number of pyridine rings is 1. The Hall–Kier alpha value is -1.95. The molecule has 0 aliphatic carbocycles. The van der Waals surface area contributed by atoms with Gasteiger partial charge in [0.2, 0.25) is 5.95 Å². The molecule has 0 radical (unpaired) electrons. The maximum Gasteiger partial charge on any atom is 0.245 e. The number of nitrogens with two attached hydrogens (primary N) is 1. The lowest BCUT2D eigenvalue weighted by atomic mass is 9.82. The van der Waals surface area contributed by atoms with E-state index >= 15 is 0 Å². The third-order valence-electron chi connectivity index (χ3n) is 4.29. The topological polar surface area (TPSA) is 83.7 Å². The fourth-order valence-corrected chi connectivity index (χ4v) is 2.90. The van der Waals surface area contributed by atoms with Gasteiger partial charge in [0.05, 0.1) is 0 Å². The second kappa shape index (κ2) is 5.44. The highest BCUT2D eigenvalue weighted by Crippen LogP contribution is 2.30. The molecule has 3 rings (SSSR count). The largest absolute Gasteiger partial charge is 0.339 e. The number of aryl methyl sites for hydroxylation is 1. The molecule has 0 aromatic carbocycles. The van der Waals surface area contributed by atoms with Gasteiger partial charge in [0, 0.05) is 30.5 Å². The van der Waals surface area contributed by atoms with Crippen LogP contribution in [0.15, 0.2) is 18.3 Å². The van der Waals surface area contributed by atoms with Crippen LogP contribution >= 0.6 is 0 Å². The normalized spacial score (nSPS) is 22.5. The average molecular weight is 286 g/mol. The Morgan fingerprint density at radius 1 is 1.48 bits per heavy atom. The molecular formula is C15H22N6. The molecule has 3 heterocycles. The van der Waals surface area contributed by atoms with Gasteiger partial charge in [-0.3, -0.25) is 10.1 Å². The summed E-state index contributed by atoms with van der Waals surface area (Å²) in [6.45, 7) is 6.80. The van der Waals surface area contributed by atoms with E-state index in [0.29, 0.717) is 6.54 Å². The summed E-state index contributed by atoms with van der Waals surface area (Å²) in [5, 5.41) is 7.41. The van der Waals surface area contributed by atoms with Gasteiger partial charge in [0.15, 0.2) is 5.82 Å². The molecule has 0 bridgehead atoms. The van der Waals surface area contributed by atoms with Gasteiger partial charge >= 0.3 is 0 Å². The summed E-state index contributed by atoms with van der Waals surface area (Å²) in [7, 11) is 0. The number of anilines is 1. The predicted octanol–water partition coefficient (Wildman–Crippen LogP) is 1.74. The minimum absolute atomic E-state index is 0.156. The van der Waals surface area contributed by atoms with Crippen LogP contribution in [0.4, 0.5) is 5.95 Å². The lowest BCUT2D eigenvalue weighted by Gasteiger charge is -2.39. The number of piperidine rings is 1. The smallest absolute Gasteiger partial charge is 0.245 e. The van der Waals surface area contributed by atoms with E-state index in [1.165, 1.54) is 6.42 Å². The van der Waals surface area contributed by atoms with Crippen LogP contribution in [-0.2, 0) is 0 Å². The number of hydrogen-bond acceptors (Lipinski definition) is 5. The van der Waals surface area contributed by atoms with Gasteiger partial charge in [0.25, 0.3) is 0 Å². The first-order valence-electron chi connectivity index (χ1n) is 7.41. The van der Waals surface area contributed by atoms with Crippen molar-refractivity contribution in [3.8, 4) is 11.4 Å². The van der Waals surface area contributed by atoms with Gasteiger partial charge in [-0.25, -0.2) is 0 Å². The van der Waals surface area contributed by atoms with Crippen LogP contribution in [0.1, 0.15) is 25.5 Å². The SMILES string of the molecule is Cc1ncccc1-c1nc(N2CCCC(C)(CN)C2)n[nH]1. The number of nitrogens with one attached hydrogen (secondary N) is 1. The van der Waals surface area contributed by atoms with Crippen LogP contribution in [0.5, 0.6) is 0 Å². The molecule has 3 N–H and O–H groups in total. The molecule has 6 nitrogen and oxygen atoms in total. The van der Waals surface area contributed by atoms with E-state index in [-0.39, 0.29) is 5.41 Å². The second-order valence-corrected chi connectivity index (χ2v) is 6.16. The zero-order valence-corrected chi connectivity index (χ0v) is 12.6. The molecule has 1 unspecified atom stereocenters. The zero-order valence-electron chi connectivity index (χ0n) is 12.6. The maximum atomic E-state index is 5.91. The number of aromatic amines is 1. The lowest BCUT2D eigenvalue weighted by Crippen LogP contribution is -2.46. The number of hydrogen-bond donors (Lipinski definition) is 2. The highest BCUT2D eigenvalue weighted by molar-refractivity contribution is 5.58. The fraction of sp³-hybridized carbons (Fsp3) is 0.533. The van der Waals surface area contributed by atoms with Crippen molar-refractivity contribution in [2.75, 3.05) is 24.5 Å². The van der Waals surface area contributed by atoms with Crippen molar-refractivity contribution < 1.29 is 0 Å². The van der Waals surface area contributed by atoms with E-state index in [0.717, 1.165) is 42.5 Å². The van der Waals surface area contributed by atoms with Crippen LogP contribution in [0, 0.1) is 12.3 Å². The minimum Gasteiger partial charge on any atom is -0.339 e. The van der Waals surface area contributed by atoms with Gasteiger partial charge in [-0.05, 0) is 43.9 Å². The van der Waals surface area contributed by atoms with Crippen LogP contribution in [0.25, 0.3) is 11.4 Å². The van der Waals surface area contributed by atoms with Crippen molar-refractivity contribution in [2.45, 2.75) is 26.7 Å². The summed E-state index contributed by atoms with van der Waals surface area (Å²) in [4.78, 5) is 11.2. The summed E-state index contributed by atoms with van der Waals surface area (Å²) in [6.07, 6.45) is 4.08. The van der Waals surface area contributed by atoms with Crippen molar-refractivity contribution in [3.05, 3.63) is 24.0 Å². The number of rotatable bonds is 3. The molecule has 2 aromatic rings. The first-order chi connectivity index (χ1) is 10.1. The molecule has 2 aromatic heterocycles. The van der Waals surface area contributed by atoms with Crippen LogP contribution in [0.3, 0.4) is 0 Å². The molecule has 0 saturated carbocycles. The molecule has 0 amide bonds. The van der Waals surface area contributed by atoms with Crippen molar-refractivity contribution in [1.29, 1.82) is 0 Å². The molecular weight excluding hydrogens is 264 g/mol. The number of H-pyrrole nitrogens is 1. The third-order valence-corrected chi connectivity index (χ3v) is 4.29. The summed E-state index contributed by atoms with van der Waals surface area (Å²) in [6, 6.07) is 3.92. The Morgan fingerprint density at radius 3 is 3.10 bits per heavy atom. The Labute approximate surface area is 124 Å². The standard InChI is InChI=1S/C15H22N6/c1-11-12(5-3-7-17-11)13-18-14(20-19-13)21-8-4-6-15(2,9-16)10-21/h3,5,7H,4,6,8-10,16H2,1-2H3,(H,18,19,20). The molecule has 6 heteroatoms. The minimum atomic E-state index is 0.156. The first-order valence-corrected chi connectivity index (χ1v) is 7.41. The summed E-state index contributed by atoms with van der Waals surface area (Å²) in [5.74, 6) is 1.53. The van der Waals surface area contributed by atoms with Crippen molar-refractivity contribution >= 4 is 5.95 Å². The molecule has 21 heavy (non-hydrogen) atoms. The van der Waals surface area contributed by atoms with Crippen LogP contribution in [-0.4, -0.2) is 39.8 Å². The van der Waals surface area contributed by atoms with Gasteiger partial charge in [-0.15, -0.1) is 5.10 Å². The highest BCUT2D eigenvalue weighted by Gasteiger charge is 2.31. The van der Waals surface area contributed by atoms with Crippen molar-refractivity contribution in [1.82, 2.24) is 20.2 Å². The number of nitrogens with zero attached hydrogens (tertiary/aromatic N) is 4. The molecule has 1 atom stereocenters. The quantitative estimate of drug-likeness (QED) is 0.898. The Bertz CT molecular complexity index is 622. The Balaban J connectivity index is 1.84. The van der Waals surface area contributed by atoms with E-state index in [2.05, 4.69) is 32.0 Å². The second-order valence-electron chi connectivity index (χ2n) is 6.16. The van der Waals surface area contributed by atoms with Gasteiger partial charge in [-0.2, -0.15) is 4.98 Å². The van der Waals surface area contributed by atoms with Crippen LogP contribution < -0.4 is 10.6 Å². The summed E-state index contributed by atoms with van der Waals surface area (Å²) in [5.41, 5.74) is 8.01. The van der Waals surface area contributed by atoms with Gasteiger partial charge in [-0.1, -0.05) is 6.92 Å². The Morgan fingerprint density at radius 2 is 2.33 bits per heavy atom. The zero-order chi connectivity index (χ0) is 14.9. The predicted molar refractivity (Wildman–Crippen MR) is 83.0 cm³/mol. The van der Waals surface area contributed by atoms with Crippen LogP contribution in [0.2, 0.25) is 0 Å². The Kier molecular flexibility index (Phi) is 3.63. The molecule has 1 saturated heterocycles. The van der Waals surface area contributed by atoms with E-state index in [1.54, 1.807) is 6.20 Å². The monoisotopic (exact) mass is 286 g/mol. The summed E-state index contributed by atoms with van der Waals surface area (Å²) < 4.78 is 0. The maximum absolute atomic E-state index is 5.91. The van der Waals surface area contributed by atoms with E-state index < -0.39 is 0 Å². The third kappa shape index (κ3) is 2.76. The highest BCUT2D eigenvalue weighted by atomic mass is 15.4. The van der Waals surface area contributed by atoms with Crippen molar-refractivity contribution in [2.24, 2.45) is 11.1 Å². The summed E-state index contributed by atoms with van der Waals surface area (Å²) >= 11 is 0. The van der Waals surface area contributed by atoms with E-state index in [1.807, 2.05) is 19.1 Å². The molecule has 1 fully saturated rings. The lowest BCUT2D eigenvalue weighted by molar-refractivity contribution is 0.270. The molecule has 1 aliphatic heterocycles. The first kappa shape index (κ1) is 14.0. The molecule has 1 aliphatic rings. The van der Waals surface area contributed by atoms with Crippen molar-refractivity contribution in [3.63, 3.8) is 0 Å². The fourth-order valence-electron chi connectivity index (χ4n) is 2.90. The van der Waals surface area contributed by atoms with Gasteiger partial charge < -0.3 is 10.6 Å². The van der Waals surface area contributed by atoms with E-state index in [4.69, 9.17) is 5.73 Å². The number of aromatic nitrogens is 4. The van der Waals surface area contributed by atoms with E-state index in [9.17, 15) is 0 Å². The average Bonchev–Trinajstić information content (AvgIpc) is 2.97. The molecule has 0 spiro atoms. The molecule has 112 valence electrons. The van der Waals surface area contributed by atoms with Gasteiger partial charge in [0.1, 0.15) is 0 Å².